The van der Waals surface area contributed by atoms with Crippen molar-refractivity contribution in [1.29, 1.82) is 0 Å². The highest BCUT2D eigenvalue weighted by molar-refractivity contribution is 7.92. The van der Waals surface area contributed by atoms with E-state index in [-0.39, 0.29) is 24.2 Å². The van der Waals surface area contributed by atoms with Crippen LogP contribution < -0.4 is 9.62 Å². The maximum Gasteiger partial charge on any atom is 0.244 e. The number of hydrogen-bond donors (Lipinski definition) is 1. The second-order valence-corrected chi connectivity index (χ2v) is 10.1. The van der Waals surface area contributed by atoms with E-state index in [9.17, 15) is 22.4 Å². The third-order valence-corrected chi connectivity index (χ3v) is 6.69. The number of nitrogens with one attached hydrogen (secondary N) is 1. The zero-order valence-electron chi connectivity index (χ0n) is 19.7. The van der Waals surface area contributed by atoms with Crippen molar-refractivity contribution in [2.24, 2.45) is 0 Å². The summed E-state index contributed by atoms with van der Waals surface area (Å²) >= 11 is 0. The fourth-order valence-corrected chi connectivity index (χ4v) is 4.11. The molecule has 0 saturated carbocycles. The van der Waals surface area contributed by atoms with Crippen LogP contribution in [0, 0.1) is 12.7 Å². The second-order valence-electron chi connectivity index (χ2n) is 8.19. The number of hydrogen-bond acceptors (Lipinski definition) is 4. The first-order chi connectivity index (χ1) is 15.4. The first kappa shape index (κ1) is 26.3. The lowest BCUT2D eigenvalue weighted by Crippen LogP contribution is -2.52. The number of rotatable bonds is 10. The van der Waals surface area contributed by atoms with E-state index < -0.39 is 34.3 Å². The van der Waals surface area contributed by atoms with Crippen LogP contribution in [-0.4, -0.2) is 50.0 Å². The molecule has 2 aromatic rings. The van der Waals surface area contributed by atoms with Crippen LogP contribution in [0.2, 0.25) is 0 Å². The molecular weight excluding hydrogens is 445 g/mol. The van der Waals surface area contributed by atoms with Crippen LogP contribution in [-0.2, 0) is 26.2 Å². The maximum atomic E-state index is 13.8. The Bertz CT molecular complexity index is 1090. The third-order valence-electron chi connectivity index (χ3n) is 5.55. The molecule has 0 saturated heterocycles. The van der Waals surface area contributed by atoms with Gasteiger partial charge in [-0.1, -0.05) is 37.3 Å². The van der Waals surface area contributed by atoms with Crippen molar-refractivity contribution < 1.29 is 22.4 Å². The van der Waals surface area contributed by atoms with Crippen molar-refractivity contribution in [3.05, 3.63) is 65.5 Å². The minimum Gasteiger partial charge on any atom is -0.352 e. The zero-order chi connectivity index (χ0) is 24.8. The van der Waals surface area contributed by atoms with Crippen molar-refractivity contribution in [2.75, 3.05) is 17.1 Å². The number of nitrogens with zero attached hydrogens (tertiary/aromatic N) is 2. The van der Waals surface area contributed by atoms with E-state index in [1.165, 1.54) is 23.1 Å². The summed E-state index contributed by atoms with van der Waals surface area (Å²) < 4.78 is 39.5. The molecule has 9 heteroatoms. The van der Waals surface area contributed by atoms with Crippen molar-refractivity contribution in [1.82, 2.24) is 10.2 Å². The molecule has 33 heavy (non-hydrogen) atoms. The van der Waals surface area contributed by atoms with E-state index in [4.69, 9.17) is 0 Å². The fraction of sp³-hybridized carbons (Fsp3) is 0.417. The lowest BCUT2D eigenvalue weighted by atomic mass is 10.1. The van der Waals surface area contributed by atoms with E-state index in [2.05, 4.69) is 5.32 Å². The monoisotopic (exact) mass is 477 g/mol. The number of sulfonamides is 1. The molecule has 7 nitrogen and oxygen atoms in total. The van der Waals surface area contributed by atoms with Crippen LogP contribution in [0.1, 0.15) is 38.3 Å². The smallest absolute Gasteiger partial charge is 0.244 e. The van der Waals surface area contributed by atoms with Crippen molar-refractivity contribution in [3.63, 3.8) is 0 Å². The predicted octanol–water partition coefficient (Wildman–Crippen LogP) is 3.23. The molecule has 0 aromatic heterocycles. The topological polar surface area (TPSA) is 86.8 Å². The maximum absolute atomic E-state index is 13.8. The van der Waals surface area contributed by atoms with E-state index in [1.54, 1.807) is 6.92 Å². The van der Waals surface area contributed by atoms with Crippen LogP contribution in [0.4, 0.5) is 10.1 Å². The predicted molar refractivity (Wildman–Crippen MR) is 128 cm³/mol. The Kier molecular flexibility index (Phi) is 8.99. The van der Waals surface area contributed by atoms with Crippen molar-refractivity contribution >= 4 is 27.5 Å². The Morgan fingerprint density at radius 1 is 1.09 bits per heavy atom. The molecule has 2 amide bonds. The van der Waals surface area contributed by atoms with E-state index >= 15 is 0 Å². The molecule has 180 valence electrons. The van der Waals surface area contributed by atoms with Gasteiger partial charge in [0.25, 0.3) is 0 Å². The SMILES string of the molecule is CC[C@@H](C)NC(=O)[C@H](C)N(Cc1ccccc1C)C(=O)CN(c1cccc(F)c1)S(C)(=O)=O. The van der Waals surface area contributed by atoms with Gasteiger partial charge >= 0.3 is 0 Å². The molecule has 0 fully saturated rings. The molecule has 0 radical (unpaired) electrons. The molecular formula is C24H32FN3O4S. The molecule has 0 unspecified atom stereocenters. The highest BCUT2D eigenvalue weighted by atomic mass is 32.2. The number of amides is 2. The van der Waals surface area contributed by atoms with Gasteiger partial charge in [-0.2, -0.15) is 0 Å². The van der Waals surface area contributed by atoms with Gasteiger partial charge in [0.1, 0.15) is 18.4 Å². The molecule has 2 aromatic carbocycles. The fourth-order valence-electron chi connectivity index (χ4n) is 3.26. The molecule has 0 bridgehead atoms. The number of carbonyl (C=O) groups excluding carboxylic acids is 2. The summed E-state index contributed by atoms with van der Waals surface area (Å²) in [5, 5.41) is 2.87. The molecule has 0 aliphatic carbocycles. The van der Waals surface area contributed by atoms with E-state index in [0.717, 1.165) is 34.2 Å². The number of aryl methyl sites for hydroxylation is 1. The average Bonchev–Trinajstić information content (AvgIpc) is 2.75. The Balaban J connectivity index is 2.40. The van der Waals surface area contributed by atoms with E-state index in [1.807, 2.05) is 45.0 Å². The normalized spacial score (nSPS) is 13.2. The van der Waals surface area contributed by atoms with Gasteiger partial charge in [-0.15, -0.1) is 0 Å². The first-order valence-electron chi connectivity index (χ1n) is 10.8. The van der Waals surface area contributed by atoms with Gasteiger partial charge in [0, 0.05) is 12.6 Å². The lowest BCUT2D eigenvalue weighted by Gasteiger charge is -2.32. The molecule has 0 heterocycles. The Labute approximate surface area is 195 Å². The first-order valence-corrected chi connectivity index (χ1v) is 12.7. The highest BCUT2D eigenvalue weighted by Crippen LogP contribution is 2.20. The zero-order valence-corrected chi connectivity index (χ0v) is 20.5. The third kappa shape index (κ3) is 7.28. The standard InChI is InChI=1S/C24H32FN3O4S/c1-6-18(3)26-24(30)19(4)27(15-20-11-8-7-10-17(20)2)23(29)16-28(33(5,31)32)22-13-9-12-21(25)14-22/h7-14,18-19H,6,15-16H2,1-5H3,(H,26,30)/t18-,19+/m1/s1. The van der Waals surface area contributed by atoms with Gasteiger partial charge < -0.3 is 10.2 Å². The van der Waals surface area contributed by atoms with Gasteiger partial charge in [0.05, 0.1) is 11.9 Å². The molecule has 0 spiro atoms. The second kappa shape index (κ2) is 11.3. The van der Waals surface area contributed by atoms with Crippen LogP contribution in [0.5, 0.6) is 0 Å². The summed E-state index contributed by atoms with van der Waals surface area (Å²) in [5.74, 6) is -1.52. The van der Waals surface area contributed by atoms with Gasteiger partial charge in [-0.25, -0.2) is 12.8 Å². The molecule has 0 aliphatic rings. The summed E-state index contributed by atoms with van der Waals surface area (Å²) in [7, 11) is -3.89. The molecule has 2 atom stereocenters. The van der Waals surface area contributed by atoms with Gasteiger partial charge in [-0.05, 0) is 56.5 Å². The Morgan fingerprint density at radius 2 is 1.76 bits per heavy atom. The molecule has 2 rings (SSSR count). The van der Waals surface area contributed by atoms with Crippen LogP contribution in [0.15, 0.2) is 48.5 Å². The summed E-state index contributed by atoms with van der Waals surface area (Å²) in [4.78, 5) is 27.6. The quantitative estimate of drug-likeness (QED) is 0.569. The highest BCUT2D eigenvalue weighted by Gasteiger charge is 2.30. The largest absolute Gasteiger partial charge is 0.352 e. The number of benzene rings is 2. The van der Waals surface area contributed by atoms with Crippen LogP contribution in [0.3, 0.4) is 0 Å². The summed E-state index contributed by atoms with van der Waals surface area (Å²) in [6, 6.07) is 11.6. The van der Waals surface area contributed by atoms with Crippen LogP contribution in [0.25, 0.3) is 0 Å². The van der Waals surface area contributed by atoms with Gasteiger partial charge in [-0.3, -0.25) is 13.9 Å². The van der Waals surface area contributed by atoms with Crippen molar-refractivity contribution in [3.8, 4) is 0 Å². The average molecular weight is 478 g/mol. The van der Waals surface area contributed by atoms with Gasteiger partial charge in [0.15, 0.2) is 0 Å². The summed E-state index contributed by atoms with van der Waals surface area (Å²) in [6.45, 7) is 6.89. The summed E-state index contributed by atoms with van der Waals surface area (Å²) in [6.07, 6.45) is 1.68. The molecule has 1 N–H and O–H groups in total. The van der Waals surface area contributed by atoms with Crippen LogP contribution >= 0.6 is 0 Å². The number of halogens is 1. The van der Waals surface area contributed by atoms with Gasteiger partial charge in [0.2, 0.25) is 21.8 Å². The number of anilines is 1. The Morgan fingerprint density at radius 3 is 2.33 bits per heavy atom. The molecule has 0 aliphatic heterocycles. The van der Waals surface area contributed by atoms with Crippen molar-refractivity contribution in [2.45, 2.75) is 52.7 Å². The summed E-state index contributed by atoms with van der Waals surface area (Å²) in [5.41, 5.74) is 1.82. The number of carbonyl (C=O) groups is 2. The van der Waals surface area contributed by atoms with E-state index in [0.29, 0.717) is 0 Å². The minimum absolute atomic E-state index is 0.0402. The minimum atomic E-state index is -3.89. The lowest BCUT2D eigenvalue weighted by molar-refractivity contribution is -0.139. The Hall–Kier alpha value is -2.94.